The molecule has 1 N–H and O–H groups in total. The predicted octanol–water partition coefficient (Wildman–Crippen LogP) is 6.25. The Labute approximate surface area is 183 Å². The van der Waals surface area contributed by atoms with Crippen molar-refractivity contribution in [2.45, 2.75) is 0 Å². The molecule has 0 aliphatic rings. The van der Waals surface area contributed by atoms with Gasteiger partial charge in [-0.05, 0) is 36.4 Å². The normalized spacial score (nSPS) is 11.7. The molecule has 4 aromatic rings. The molecule has 0 saturated carbocycles. The van der Waals surface area contributed by atoms with Gasteiger partial charge in [-0.15, -0.1) is 34.4 Å². The number of thiazole rings is 1. The highest BCUT2D eigenvalue weighted by Gasteiger charge is 2.17. The highest BCUT2D eigenvalue weighted by molar-refractivity contribution is 8.09. The van der Waals surface area contributed by atoms with Gasteiger partial charge < -0.3 is 5.11 Å². The first kappa shape index (κ1) is 20.3. The highest BCUT2D eigenvalue weighted by Crippen LogP contribution is 2.39. The molecule has 0 spiro atoms. The van der Waals surface area contributed by atoms with E-state index in [9.17, 15) is 14.9 Å². The lowest BCUT2D eigenvalue weighted by molar-refractivity contribution is -0.384. The van der Waals surface area contributed by atoms with Crippen LogP contribution in [0.25, 0.3) is 31.6 Å². The van der Waals surface area contributed by atoms with Crippen LogP contribution in [0.1, 0.15) is 9.88 Å². The summed E-state index contributed by atoms with van der Waals surface area (Å²) in [5, 5.41) is 21.2. The van der Waals surface area contributed by atoms with Gasteiger partial charge in [-0.3, -0.25) is 14.9 Å². The van der Waals surface area contributed by atoms with E-state index in [1.54, 1.807) is 18.2 Å². The molecular formula is C21H14N2O4S3. The van der Waals surface area contributed by atoms with Gasteiger partial charge in [0.25, 0.3) is 5.69 Å². The number of carbonyl (C=O) groups is 1. The number of rotatable bonds is 7. The molecule has 9 heteroatoms. The Hall–Kier alpha value is -3.01. The van der Waals surface area contributed by atoms with Gasteiger partial charge in [-0.25, -0.2) is 4.98 Å². The standard InChI is InChI=1S/C21H14N2O4S3/c24-20(25)12-28-19(21-22-15-6-2-4-8-18(15)30-21)11-13-9-10-17(29-13)14-5-1-3-7-16(14)23(26)27/h1-11H,12H2,(H,24,25)/b19-11-. The third kappa shape index (κ3) is 4.43. The summed E-state index contributed by atoms with van der Waals surface area (Å²) in [7, 11) is 0. The Bertz CT molecular complexity index is 1240. The van der Waals surface area contributed by atoms with Crippen molar-refractivity contribution >= 4 is 67.3 Å². The second-order valence-corrected chi connectivity index (χ2v) is 9.32. The number of nitrogens with zero attached hydrogens (tertiary/aromatic N) is 2. The zero-order valence-corrected chi connectivity index (χ0v) is 17.8. The molecule has 0 atom stereocenters. The van der Waals surface area contributed by atoms with Crippen LogP contribution in [0, 0.1) is 10.1 Å². The number of hydrogen-bond donors (Lipinski definition) is 1. The van der Waals surface area contributed by atoms with E-state index < -0.39 is 5.97 Å². The second-order valence-electron chi connectivity index (χ2n) is 6.15. The summed E-state index contributed by atoms with van der Waals surface area (Å²) < 4.78 is 1.03. The molecule has 0 bridgehead atoms. The zero-order valence-electron chi connectivity index (χ0n) is 15.3. The first-order chi connectivity index (χ1) is 14.5. The molecule has 0 saturated heterocycles. The van der Waals surface area contributed by atoms with E-state index >= 15 is 0 Å². The first-order valence-electron chi connectivity index (χ1n) is 8.77. The van der Waals surface area contributed by atoms with Crippen LogP contribution >= 0.6 is 34.4 Å². The fourth-order valence-corrected chi connectivity index (χ4v) is 5.72. The topological polar surface area (TPSA) is 93.3 Å². The molecule has 0 unspecified atom stereocenters. The Morgan fingerprint density at radius 2 is 1.87 bits per heavy atom. The lowest BCUT2D eigenvalue weighted by Gasteiger charge is -2.01. The lowest BCUT2D eigenvalue weighted by atomic mass is 10.1. The molecule has 150 valence electrons. The third-order valence-corrected chi connectivity index (χ3v) is 7.40. The minimum absolute atomic E-state index is 0.0570. The van der Waals surface area contributed by atoms with Gasteiger partial charge in [-0.2, -0.15) is 0 Å². The number of carboxylic acid groups (broad SMARTS) is 1. The van der Waals surface area contributed by atoms with Crippen LogP contribution < -0.4 is 0 Å². The Kier molecular flexibility index (Phi) is 5.93. The number of nitro benzene ring substituents is 1. The van der Waals surface area contributed by atoms with Crippen molar-refractivity contribution in [3.63, 3.8) is 0 Å². The summed E-state index contributed by atoms with van der Waals surface area (Å²) in [5.41, 5.74) is 1.49. The fraction of sp³-hybridized carbons (Fsp3) is 0.0476. The molecule has 0 fully saturated rings. The smallest absolute Gasteiger partial charge is 0.313 e. The predicted molar refractivity (Wildman–Crippen MR) is 124 cm³/mol. The molecule has 0 aliphatic carbocycles. The number of hydrogen-bond acceptors (Lipinski definition) is 7. The van der Waals surface area contributed by atoms with E-state index in [0.29, 0.717) is 5.56 Å². The summed E-state index contributed by atoms with van der Waals surface area (Å²) in [5.74, 6) is -0.983. The zero-order chi connectivity index (χ0) is 21.1. The van der Waals surface area contributed by atoms with Crippen LogP contribution in [0.5, 0.6) is 0 Å². The molecule has 6 nitrogen and oxygen atoms in total. The quantitative estimate of drug-likeness (QED) is 0.262. The van der Waals surface area contributed by atoms with Crippen LogP contribution in [0.4, 0.5) is 5.69 Å². The van der Waals surface area contributed by atoms with Gasteiger partial charge in [0.2, 0.25) is 0 Å². The monoisotopic (exact) mass is 454 g/mol. The minimum Gasteiger partial charge on any atom is -0.481 e. The van der Waals surface area contributed by atoms with Crippen molar-refractivity contribution in [3.05, 3.63) is 80.7 Å². The van der Waals surface area contributed by atoms with Crippen LogP contribution in [0.2, 0.25) is 0 Å². The van der Waals surface area contributed by atoms with Crippen LogP contribution in [0.15, 0.2) is 60.7 Å². The number of aromatic nitrogens is 1. The van der Waals surface area contributed by atoms with E-state index in [1.807, 2.05) is 42.5 Å². The van der Waals surface area contributed by atoms with Gasteiger partial charge in [0.1, 0.15) is 5.01 Å². The number of thiophene rings is 1. The molecule has 2 aromatic carbocycles. The largest absolute Gasteiger partial charge is 0.481 e. The highest BCUT2D eigenvalue weighted by atomic mass is 32.2. The van der Waals surface area contributed by atoms with Crippen molar-refractivity contribution in [3.8, 4) is 10.4 Å². The summed E-state index contributed by atoms with van der Waals surface area (Å²) >= 11 is 4.14. The van der Waals surface area contributed by atoms with Crippen LogP contribution in [0.3, 0.4) is 0 Å². The summed E-state index contributed by atoms with van der Waals surface area (Å²) in [6, 6.07) is 18.1. The van der Waals surface area contributed by atoms with Gasteiger partial charge in [0, 0.05) is 20.7 Å². The van der Waals surface area contributed by atoms with Gasteiger partial charge in [0.05, 0.1) is 26.5 Å². The average Bonchev–Trinajstić information content (AvgIpc) is 3.37. The van der Waals surface area contributed by atoms with Crippen molar-refractivity contribution in [2.24, 2.45) is 0 Å². The minimum atomic E-state index is -0.904. The molecular weight excluding hydrogens is 440 g/mol. The SMILES string of the molecule is O=C(O)CS/C(=C\c1ccc(-c2ccccc2[N+](=O)[O-])s1)c1nc2ccccc2s1. The molecule has 2 heterocycles. The van der Waals surface area contributed by atoms with Gasteiger partial charge >= 0.3 is 5.97 Å². The van der Waals surface area contributed by atoms with Crippen molar-refractivity contribution in [2.75, 3.05) is 5.75 Å². The molecule has 0 radical (unpaired) electrons. The number of carboxylic acids is 1. The average molecular weight is 455 g/mol. The number of aliphatic carboxylic acids is 1. The second kappa shape index (κ2) is 8.78. The van der Waals surface area contributed by atoms with E-state index in [4.69, 9.17) is 5.11 Å². The summed E-state index contributed by atoms with van der Waals surface area (Å²) in [4.78, 5) is 29.1. The van der Waals surface area contributed by atoms with E-state index in [1.165, 1.54) is 40.5 Å². The first-order valence-corrected chi connectivity index (χ1v) is 11.4. The van der Waals surface area contributed by atoms with Crippen molar-refractivity contribution < 1.29 is 14.8 Å². The lowest BCUT2D eigenvalue weighted by Crippen LogP contribution is -1.97. The molecule has 4 rings (SSSR count). The Morgan fingerprint density at radius 1 is 1.10 bits per heavy atom. The van der Waals surface area contributed by atoms with Crippen LogP contribution in [-0.4, -0.2) is 26.7 Å². The molecule has 30 heavy (non-hydrogen) atoms. The Morgan fingerprint density at radius 3 is 2.63 bits per heavy atom. The van der Waals surface area contributed by atoms with Crippen molar-refractivity contribution in [1.29, 1.82) is 0 Å². The van der Waals surface area contributed by atoms with Crippen LogP contribution in [-0.2, 0) is 4.79 Å². The Balaban J connectivity index is 1.72. The van der Waals surface area contributed by atoms with E-state index in [0.717, 1.165) is 29.9 Å². The fourth-order valence-electron chi connectivity index (χ4n) is 2.83. The summed E-state index contributed by atoms with van der Waals surface area (Å²) in [6.07, 6.45) is 1.90. The van der Waals surface area contributed by atoms with E-state index in [-0.39, 0.29) is 16.4 Å². The summed E-state index contributed by atoms with van der Waals surface area (Å²) in [6.45, 7) is 0. The number of nitro groups is 1. The molecule has 0 aliphatic heterocycles. The molecule has 0 amide bonds. The maximum Gasteiger partial charge on any atom is 0.313 e. The number of fused-ring (bicyclic) bond motifs is 1. The van der Waals surface area contributed by atoms with Crippen molar-refractivity contribution in [1.82, 2.24) is 4.98 Å². The number of para-hydroxylation sites is 2. The third-order valence-electron chi connectivity index (χ3n) is 4.12. The van der Waals surface area contributed by atoms with Gasteiger partial charge in [-0.1, -0.05) is 24.3 Å². The van der Waals surface area contributed by atoms with E-state index in [2.05, 4.69) is 4.98 Å². The molecule has 2 aromatic heterocycles. The van der Waals surface area contributed by atoms with Gasteiger partial charge in [0.15, 0.2) is 0 Å². The number of thioether (sulfide) groups is 1. The maximum absolute atomic E-state index is 11.3. The number of benzene rings is 2. The maximum atomic E-state index is 11.3.